The Balaban J connectivity index is 2.18. The summed E-state index contributed by atoms with van der Waals surface area (Å²) in [5.74, 6) is 0. The summed E-state index contributed by atoms with van der Waals surface area (Å²) in [5, 5.41) is 6.23. The fourth-order valence-corrected chi connectivity index (χ4v) is 3.80. The van der Waals surface area contributed by atoms with Crippen molar-refractivity contribution in [2.75, 3.05) is 0 Å². The van der Waals surface area contributed by atoms with Crippen molar-refractivity contribution in [3.8, 4) is 0 Å². The number of carbonyl (C=O) groups excluding carboxylic acids is 1. The van der Waals surface area contributed by atoms with Crippen LogP contribution in [-0.4, -0.2) is 28.4 Å². The van der Waals surface area contributed by atoms with Gasteiger partial charge in [0.2, 0.25) is 0 Å². The maximum absolute atomic E-state index is 12.8. The molecule has 31 heavy (non-hydrogen) atoms. The van der Waals surface area contributed by atoms with Gasteiger partial charge in [-0.2, -0.15) is 0 Å². The Morgan fingerprint density at radius 1 is 0.935 bits per heavy atom. The molecule has 3 aromatic rings. The van der Waals surface area contributed by atoms with Gasteiger partial charge < -0.3 is 14.8 Å². The fraction of sp³-hybridized carbons (Fsp3) is 0.462. The number of fused-ring (bicyclic) bond motifs is 3. The Bertz CT molecular complexity index is 1090. The molecular weight excluding hydrogens is 388 g/mol. The zero-order chi connectivity index (χ0) is 23.0. The number of rotatable bonds is 4. The van der Waals surface area contributed by atoms with Crippen molar-refractivity contribution in [1.82, 2.24) is 10.3 Å². The number of amides is 1. The lowest BCUT2D eigenvalue weighted by Gasteiger charge is -2.32. The number of carbonyl (C=O) groups is 1. The third-order valence-electron chi connectivity index (χ3n) is 4.86. The number of pyridine rings is 1. The number of hydrogen-bond acceptors (Lipinski definition) is 4. The molecule has 1 heterocycles. The van der Waals surface area contributed by atoms with Crippen LogP contribution >= 0.6 is 0 Å². The van der Waals surface area contributed by atoms with Gasteiger partial charge in [-0.25, -0.2) is 9.78 Å². The van der Waals surface area contributed by atoms with Crippen molar-refractivity contribution in [1.29, 1.82) is 0 Å². The third kappa shape index (κ3) is 5.73. The van der Waals surface area contributed by atoms with Crippen LogP contribution in [0, 0.1) is 6.92 Å². The number of benzene rings is 2. The molecule has 1 unspecified atom stereocenters. The number of para-hydroxylation sites is 1. The van der Waals surface area contributed by atoms with Crippen LogP contribution in [0.1, 0.15) is 65.8 Å². The standard InChI is InChI=1S/C26H34N2O3/c1-16-13-14-18-19-11-9-10-12-21(19)27-23(20(18)15-16)22(17(2)30-25(3,4)5)28-24(29)31-26(6,7)8/h9-15,17,22H,1-8H3,(H,28,29)/t17?,22-/m0/s1. The van der Waals surface area contributed by atoms with Crippen LogP contribution in [0.3, 0.4) is 0 Å². The number of nitrogens with zero attached hydrogens (tertiary/aromatic N) is 1. The molecule has 0 aliphatic rings. The molecule has 5 nitrogen and oxygen atoms in total. The number of aromatic nitrogens is 1. The van der Waals surface area contributed by atoms with E-state index in [1.807, 2.05) is 66.7 Å². The van der Waals surface area contributed by atoms with E-state index in [1.54, 1.807) is 0 Å². The lowest BCUT2D eigenvalue weighted by Crippen LogP contribution is -2.42. The molecule has 0 bridgehead atoms. The number of hydrogen-bond donors (Lipinski definition) is 1. The molecule has 3 rings (SSSR count). The highest BCUT2D eigenvalue weighted by Gasteiger charge is 2.31. The molecule has 166 valence electrons. The van der Waals surface area contributed by atoms with Crippen LogP contribution in [0.25, 0.3) is 21.7 Å². The Kier molecular flexibility index (Phi) is 6.28. The zero-order valence-corrected chi connectivity index (χ0v) is 19.9. The minimum Gasteiger partial charge on any atom is -0.444 e. The van der Waals surface area contributed by atoms with Gasteiger partial charge in [-0.3, -0.25) is 0 Å². The van der Waals surface area contributed by atoms with E-state index >= 15 is 0 Å². The van der Waals surface area contributed by atoms with E-state index in [0.29, 0.717) is 0 Å². The molecule has 0 spiro atoms. The second-order valence-corrected chi connectivity index (χ2v) is 10.1. The van der Waals surface area contributed by atoms with Gasteiger partial charge in [0.1, 0.15) is 11.6 Å². The van der Waals surface area contributed by atoms with Gasteiger partial charge >= 0.3 is 6.09 Å². The normalized spacial score (nSPS) is 14.5. The first-order valence-electron chi connectivity index (χ1n) is 10.8. The molecule has 5 heteroatoms. The van der Waals surface area contributed by atoms with Crippen LogP contribution in [0.15, 0.2) is 42.5 Å². The van der Waals surface area contributed by atoms with Crippen molar-refractivity contribution in [3.05, 3.63) is 53.7 Å². The second-order valence-electron chi connectivity index (χ2n) is 10.1. The Hall–Kier alpha value is -2.66. The van der Waals surface area contributed by atoms with Gasteiger partial charge in [0.25, 0.3) is 0 Å². The predicted molar refractivity (Wildman–Crippen MR) is 126 cm³/mol. The van der Waals surface area contributed by atoms with E-state index in [4.69, 9.17) is 14.5 Å². The molecule has 0 aliphatic heterocycles. The number of alkyl carbamates (subject to hydrolysis) is 1. The Labute approximate surface area is 185 Å². The Morgan fingerprint density at radius 3 is 2.26 bits per heavy atom. The number of ether oxygens (including phenoxy) is 2. The largest absolute Gasteiger partial charge is 0.444 e. The highest BCUT2D eigenvalue weighted by molar-refractivity contribution is 6.07. The van der Waals surface area contributed by atoms with Gasteiger partial charge in [0.15, 0.2) is 0 Å². The van der Waals surface area contributed by atoms with Crippen molar-refractivity contribution >= 4 is 27.8 Å². The fourth-order valence-electron chi connectivity index (χ4n) is 3.80. The molecule has 2 atom stereocenters. The van der Waals surface area contributed by atoms with Gasteiger partial charge in [-0.1, -0.05) is 35.9 Å². The van der Waals surface area contributed by atoms with Crippen LogP contribution in [0.4, 0.5) is 4.79 Å². The summed E-state index contributed by atoms with van der Waals surface area (Å²) in [5.41, 5.74) is 1.81. The second kappa shape index (κ2) is 8.46. The van der Waals surface area contributed by atoms with Crippen LogP contribution < -0.4 is 5.32 Å². The van der Waals surface area contributed by atoms with Crippen LogP contribution in [0.5, 0.6) is 0 Å². The maximum atomic E-state index is 12.8. The summed E-state index contributed by atoms with van der Waals surface area (Å²) >= 11 is 0. The van der Waals surface area contributed by atoms with E-state index in [0.717, 1.165) is 32.9 Å². The highest BCUT2D eigenvalue weighted by atomic mass is 16.6. The first-order valence-corrected chi connectivity index (χ1v) is 10.8. The topological polar surface area (TPSA) is 60.5 Å². The molecule has 0 saturated heterocycles. The quantitative estimate of drug-likeness (QED) is 0.490. The first kappa shape index (κ1) is 23.0. The van der Waals surface area contributed by atoms with Crippen molar-refractivity contribution in [3.63, 3.8) is 0 Å². The molecular formula is C26H34N2O3. The average Bonchev–Trinajstić information content (AvgIpc) is 2.62. The average molecular weight is 423 g/mol. The van der Waals surface area contributed by atoms with Crippen LogP contribution in [-0.2, 0) is 9.47 Å². The summed E-state index contributed by atoms with van der Waals surface area (Å²) in [6, 6.07) is 13.9. The van der Waals surface area contributed by atoms with E-state index in [2.05, 4.69) is 36.5 Å². The predicted octanol–water partition coefficient (Wildman–Crippen LogP) is 6.47. The minimum atomic E-state index is -0.599. The summed E-state index contributed by atoms with van der Waals surface area (Å²) in [7, 11) is 0. The monoisotopic (exact) mass is 422 g/mol. The number of nitrogens with one attached hydrogen (secondary N) is 1. The van der Waals surface area contributed by atoms with Crippen molar-refractivity contribution in [2.45, 2.75) is 78.7 Å². The highest BCUT2D eigenvalue weighted by Crippen LogP contribution is 2.33. The molecule has 0 radical (unpaired) electrons. The molecule has 0 fully saturated rings. The zero-order valence-electron chi connectivity index (χ0n) is 19.9. The SMILES string of the molecule is Cc1ccc2c(c1)c([C@@H](NC(=O)OC(C)(C)C)C(C)OC(C)(C)C)nc1ccccc12. The molecule has 1 amide bonds. The summed E-state index contributed by atoms with van der Waals surface area (Å²) < 4.78 is 11.8. The molecule has 0 saturated carbocycles. The van der Waals surface area contributed by atoms with Gasteiger partial charge in [0, 0.05) is 10.8 Å². The maximum Gasteiger partial charge on any atom is 0.408 e. The van der Waals surface area contributed by atoms with E-state index in [1.165, 1.54) is 0 Å². The summed E-state index contributed by atoms with van der Waals surface area (Å²) in [4.78, 5) is 17.8. The number of aryl methyl sites for hydroxylation is 1. The molecule has 1 N–H and O–H groups in total. The summed E-state index contributed by atoms with van der Waals surface area (Å²) in [6.45, 7) is 15.6. The van der Waals surface area contributed by atoms with Crippen molar-refractivity contribution in [2.24, 2.45) is 0 Å². The van der Waals surface area contributed by atoms with Gasteiger partial charge in [-0.05, 0) is 72.9 Å². The molecule has 1 aromatic heterocycles. The first-order chi connectivity index (χ1) is 14.3. The van der Waals surface area contributed by atoms with Crippen LogP contribution in [0.2, 0.25) is 0 Å². The van der Waals surface area contributed by atoms with Crippen molar-refractivity contribution < 1.29 is 14.3 Å². The minimum absolute atomic E-state index is 0.329. The summed E-state index contributed by atoms with van der Waals surface area (Å²) in [6.07, 6.45) is -0.817. The van der Waals surface area contributed by atoms with Gasteiger partial charge in [-0.15, -0.1) is 0 Å². The third-order valence-corrected chi connectivity index (χ3v) is 4.86. The van der Waals surface area contributed by atoms with E-state index in [-0.39, 0.29) is 11.7 Å². The molecule has 2 aromatic carbocycles. The van der Waals surface area contributed by atoms with Gasteiger partial charge in [0.05, 0.1) is 22.9 Å². The smallest absolute Gasteiger partial charge is 0.408 e. The van der Waals surface area contributed by atoms with E-state index in [9.17, 15) is 4.79 Å². The lowest BCUT2D eigenvalue weighted by atomic mass is 9.96. The lowest BCUT2D eigenvalue weighted by molar-refractivity contribution is -0.0680. The van der Waals surface area contributed by atoms with E-state index < -0.39 is 17.7 Å². The molecule has 0 aliphatic carbocycles. The Morgan fingerprint density at radius 2 is 1.61 bits per heavy atom.